The number of benzene rings is 1. The van der Waals surface area contributed by atoms with Crippen LogP contribution in [0.1, 0.15) is 10.4 Å². The maximum atomic E-state index is 11.2. The Bertz CT molecular complexity index is 1320. The summed E-state index contributed by atoms with van der Waals surface area (Å²) >= 11 is 7.93. The average Bonchev–Trinajstić information content (AvgIpc) is 3.23. The standard InChI is InChI=1S/C21H17ClN6O3S/c22-14-7-11(20(29)30)1-2-13(14)16-8-15-17(32-16)19(28-3-5-31-6-4-28)27-18(26-15)12-9-24-21(23)25-10-12/h1-2,7-10H,3-6H2,(H,29,30)(H2,23,24,25). The van der Waals surface area contributed by atoms with E-state index in [0.29, 0.717) is 42.7 Å². The number of carboxylic acid groups (broad SMARTS) is 1. The molecule has 0 saturated carbocycles. The van der Waals surface area contributed by atoms with Gasteiger partial charge in [0.05, 0.1) is 39.6 Å². The lowest BCUT2D eigenvalue weighted by molar-refractivity contribution is 0.0697. The summed E-state index contributed by atoms with van der Waals surface area (Å²) < 4.78 is 6.42. The van der Waals surface area contributed by atoms with Gasteiger partial charge < -0.3 is 20.5 Å². The second-order valence-electron chi connectivity index (χ2n) is 7.12. The number of hydrogen-bond donors (Lipinski definition) is 2. The normalized spacial score (nSPS) is 14.1. The van der Waals surface area contributed by atoms with Gasteiger partial charge in [0.2, 0.25) is 5.95 Å². The number of nitrogen functional groups attached to an aromatic ring is 1. The fourth-order valence-corrected chi connectivity index (χ4v) is 4.96. The van der Waals surface area contributed by atoms with Crippen molar-refractivity contribution < 1.29 is 14.6 Å². The molecule has 1 aliphatic heterocycles. The first-order valence-corrected chi connectivity index (χ1v) is 10.9. The number of carbonyl (C=O) groups is 1. The molecule has 0 unspecified atom stereocenters. The molecule has 0 amide bonds. The second-order valence-corrected chi connectivity index (χ2v) is 8.58. The molecule has 9 nitrogen and oxygen atoms in total. The van der Waals surface area contributed by atoms with Crippen molar-refractivity contribution in [3.05, 3.63) is 47.2 Å². The van der Waals surface area contributed by atoms with Gasteiger partial charge in [-0.05, 0) is 18.2 Å². The molecular formula is C21H17ClN6O3S. The van der Waals surface area contributed by atoms with Crippen LogP contribution in [0.2, 0.25) is 5.02 Å². The molecule has 0 spiro atoms. The number of aromatic carboxylic acids is 1. The monoisotopic (exact) mass is 468 g/mol. The molecule has 1 aromatic carbocycles. The van der Waals surface area contributed by atoms with Gasteiger partial charge in [-0.15, -0.1) is 11.3 Å². The minimum absolute atomic E-state index is 0.138. The van der Waals surface area contributed by atoms with Crippen LogP contribution in [0.3, 0.4) is 0 Å². The molecule has 4 aromatic rings. The molecule has 11 heteroatoms. The van der Waals surface area contributed by atoms with E-state index in [-0.39, 0.29) is 11.5 Å². The van der Waals surface area contributed by atoms with Crippen molar-refractivity contribution in [2.24, 2.45) is 0 Å². The van der Waals surface area contributed by atoms with Gasteiger partial charge in [0, 0.05) is 35.9 Å². The number of thiophene rings is 1. The first kappa shape index (κ1) is 20.6. The van der Waals surface area contributed by atoms with Crippen LogP contribution >= 0.6 is 22.9 Å². The number of nitrogens with two attached hydrogens (primary N) is 1. The smallest absolute Gasteiger partial charge is 0.335 e. The topological polar surface area (TPSA) is 127 Å². The number of carboxylic acids is 1. The molecule has 1 fully saturated rings. The van der Waals surface area contributed by atoms with Gasteiger partial charge in [-0.3, -0.25) is 0 Å². The zero-order valence-electron chi connectivity index (χ0n) is 16.7. The lowest BCUT2D eigenvalue weighted by atomic mass is 10.1. The van der Waals surface area contributed by atoms with Crippen molar-refractivity contribution in [3.63, 3.8) is 0 Å². The van der Waals surface area contributed by atoms with Crippen LogP contribution in [0, 0.1) is 0 Å². The van der Waals surface area contributed by atoms with Gasteiger partial charge in [0.15, 0.2) is 11.6 Å². The minimum Gasteiger partial charge on any atom is -0.478 e. The Hall–Kier alpha value is -3.34. The van der Waals surface area contributed by atoms with Crippen molar-refractivity contribution >= 4 is 50.9 Å². The minimum atomic E-state index is -1.02. The Morgan fingerprint density at radius 3 is 2.59 bits per heavy atom. The molecule has 0 bridgehead atoms. The summed E-state index contributed by atoms with van der Waals surface area (Å²) in [6.07, 6.45) is 3.20. The maximum Gasteiger partial charge on any atom is 0.335 e. The van der Waals surface area contributed by atoms with Gasteiger partial charge in [-0.25, -0.2) is 24.7 Å². The zero-order valence-corrected chi connectivity index (χ0v) is 18.2. The first-order chi connectivity index (χ1) is 15.5. The van der Waals surface area contributed by atoms with Gasteiger partial charge >= 0.3 is 5.97 Å². The van der Waals surface area contributed by atoms with Gasteiger partial charge in [0.1, 0.15) is 0 Å². The highest BCUT2D eigenvalue weighted by Crippen LogP contribution is 2.41. The fourth-order valence-electron chi connectivity index (χ4n) is 3.47. The van der Waals surface area contributed by atoms with E-state index in [1.807, 2.05) is 6.07 Å². The molecular weight excluding hydrogens is 452 g/mol. The van der Waals surface area contributed by atoms with Gasteiger partial charge in [0.25, 0.3) is 0 Å². The van der Waals surface area contributed by atoms with Crippen LogP contribution in [-0.4, -0.2) is 57.3 Å². The summed E-state index contributed by atoms with van der Waals surface area (Å²) in [7, 11) is 0. The van der Waals surface area contributed by atoms with Crippen LogP contribution < -0.4 is 10.6 Å². The Morgan fingerprint density at radius 1 is 1.16 bits per heavy atom. The van der Waals surface area contributed by atoms with E-state index in [1.165, 1.54) is 17.4 Å². The van der Waals surface area contributed by atoms with Crippen LogP contribution in [-0.2, 0) is 4.74 Å². The third-order valence-electron chi connectivity index (χ3n) is 5.08. The second kappa shape index (κ2) is 8.30. The Kier molecular flexibility index (Phi) is 5.33. The maximum absolute atomic E-state index is 11.2. The predicted octanol–water partition coefficient (Wildman–Crippen LogP) is 3.59. The van der Waals surface area contributed by atoms with Crippen molar-refractivity contribution in [3.8, 4) is 21.8 Å². The Labute approximate surface area is 191 Å². The highest BCUT2D eigenvalue weighted by molar-refractivity contribution is 7.22. The summed E-state index contributed by atoms with van der Waals surface area (Å²) in [5.74, 6) is 0.460. The number of morpholine rings is 1. The van der Waals surface area contributed by atoms with E-state index in [0.717, 1.165) is 26.5 Å². The number of aromatic nitrogens is 4. The molecule has 1 aliphatic rings. The number of anilines is 2. The predicted molar refractivity (Wildman–Crippen MR) is 123 cm³/mol. The highest BCUT2D eigenvalue weighted by Gasteiger charge is 2.21. The molecule has 3 aromatic heterocycles. The largest absolute Gasteiger partial charge is 0.478 e. The van der Waals surface area contributed by atoms with E-state index >= 15 is 0 Å². The Balaban J connectivity index is 1.66. The quantitative estimate of drug-likeness (QED) is 0.461. The molecule has 1 saturated heterocycles. The van der Waals surface area contributed by atoms with Crippen molar-refractivity contribution in [1.82, 2.24) is 19.9 Å². The van der Waals surface area contributed by atoms with Crippen LogP contribution in [0.5, 0.6) is 0 Å². The summed E-state index contributed by atoms with van der Waals surface area (Å²) in [6.45, 7) is 2.66. The molecule has 5 rings (SSSR count). The number of rotatable bonds is 4. The highest BCUT2D eigenvalue weighted by atomic mass is 35.5. The SMILES string of the molecule is Nc1ncc(-c2nc(N3CCOCC3)c3sc(-c4ccc(C(=O)O)cc4Cl)cc3n2)cn1. The molecule has 0 aliphatic carbocycles. The van der Waals surface area contributed by atoms with Gasteiger partial charge in [-0.1, -0.05) is 17.7 Å². The third kappa shape index (κ3) is 3.83. The number of ether oxygens (including phenoxy) is 1. The molecule has 162 valence electrons. The summed E-state index contributed by atoms with van der Waals surface area (Å²) in [5.41, 5.74) is 7.92. The average molecular weight is 469 g/mol. The molecule has 3 N–H and O–H groups in total. The van der Waals surface area contributed by atoms with Crippen molar-refractivity contribution in [2.75, 3.05) is 36.9 Å². The van der Waals surface area contributed by atoms with Crippen LogP contribution in [0.4, 0.5) is 11.8 Å². The number of hydrogen-bond acceptors (Lipinski definition) is 9. The third-order valence-corrected chi connectivity index (χ3v) is 6.54. The Morgan fingerprint density at radius 2 is 1.91 bits per heavy atom. The van der Waals surface area contributed by atoms with Crippen LogP contribution in [0.15, 0.2) is 36.7 Å². The fraction of sp³-hybridized carbons (Fsp3) is 0.190. The number of halogens is 1. The zero-order chi connectivity index (χ0) is 22.2. The lowest BCUT2D eigenvalue weighted by Crippen LogP contribution is -2.36. The molecule has 32 heavy (non-hydrogen) atoms. The summed E-state index contributed by atoms with van der Waals surface area (Å²) in [6, 6.07) is 6.65. The van der Waals surface area contributed by atoms with Crippen LogP contribution in [0.25, 0.3) is 32.0 Å². The molecule has 0 atom stereocenters. The van der Waals surface area contributed by atoms with E-state index in [9.17, 15) is 9.90 Å². The molecule has 4 heterocycles. The van der Waals surface area contributed by atoms with E-state index in [2.05, 4.69) is 14.9 Å². The first-order valence-electron chi connectivity index (χ1n) is 9.75. The van der Waals surface area contributed by atoms with Gasteiger partial charge in [-0.2, -0.15) is 0 Å². The van der Waals surface area contributed by atoms with E-state index < -0.39 is 5.97 Å². The summed E-state index contributed by atoms with van der Waals surface area (Å²) in [5, 5.41) is 9.58. The lowest BCUT2D eigenvalue weighted by Gasteiger charge is -2.28. The van der Waals surface area contributed by atoms with Crippen molar-refractivity contribution in [1.29, 1.82) is 0 Å². The van der Waals surface area contributed by atoms with E-state index in [4.69, 9.17) is 32.0 Å². The number of nitrogens with zero attached hydrogens (tertiary/aromatic N) is 5. The molecule has 0 radical (unpaired) electrons. The number of fused-ring (bicyclic) bond motifs is 1. The van der Waals surface area contributed by atoms with E-state index in [1.54, 1.807) is 24.5 Å². The van der Waals surface area contributed by atoms with Crippen molar-refractivity contribution in [2.45, 2.75) is 0 Å². The summed E-state index contributed by atoms with van der Waals surface area (Å²) in [4.78, 5) is 32.0.